The smallest absolute Gasteiger partial charge is 0.128 e. The van der Waals surface area contributed by atoms with Crippen molar-refractivity contribution in [2.45, 2.75) is 19.8 Å². The second-order valence-corrected chi connectivity index (χ2v) is 5.75. The average Bonchev–Trinajstić information content (AvgIpc) is 3.04. The lowest BCUT2D eigenvalue weighted by molar-refractivity contribution is 0.416. The van der Waals surface area contributed by atoms with Crippen LogP contribution >= 0.6 is 0 Å². The third-order valence-electron chi connectivity index (χ3n) is 3.82. The molecule has 5 heteroatoms. The summed E-state index contributed by atoms with van der Waals surface area (Å²) < 4.78 is 7.20. The Morgan fingerprint density at radius 1 is 1.09 bits per heavy atom. The number of rotatable bonds is 4. The summed E-state index contributed by atoms with van der Waals surface area (Å²) in [5.74, 6) is 1.23. The van der Waals surface area contributed by atoms with E-state index in [0.717, 1.165) is 28.4 Å². The molecule has 0 aliphatic rings. The third kappa shape index (κ3) is 3.04. The lowest BCUT2D eigenvalue weighted by atomic mass is 9.99. The van der Waals surface area contributed by atoms with Gasteiger partial charge in [0.15, 0.2) is 0 Å². The molecular formula is C18H20N4O. The zero-order valence-corrected chi connectivity index (χ0v) is 13.5. The van der Waals surface area contributed by atoms with Crippen molar-refractivity contribution in [2.75, 3.05) is 12.8 Å². The number of nitrogens with zero attached hydrogens (tertiary/aromatic N) is 3. The van der Waals surface area contributed by atoms with Gasteiger partial charge in [0, 0.05) is 11.3 Å². The molecule has 0 aliphatic carbocycles. The molecule has 1 heterocycles. The molecule has 118 valence electrons. The van der Waals surface area contributed by atoms with E-state index in [9.17, 15) is 0 Å². The van der Waals surface area contributed by atoms with Crippen LogP contribution in [0.15, 0.2) is 48.7 Å². The Bertz CT molecular complexity index is 806. The van der Waals surface area contributed by atoms with Crippen molar-refractivity contribution < 1.29 is 4.74 Å². The summed E-state index contributed by atoms with van der Waals surface area (Å²) in [6, 6.07) is 13.7. The minimum absolute atomic E-state index is 0.437. The molecule has 2 aromatic carbocycles. The molecule has 0 atom stereocenters. The van der Waals surface area contributed by atoms with Crippen LogP contribution in [0.4, 0.5) is 5.69 Å². The van der Waals surface area contributed by atoms with Crippen LogP contribution in [0.2, 0.25) is 0 Å². The first-order valence-corrected chi connectivity index (χ1v) is 7.55. The zero-order valence-electron chi connectivity index (χ0n) is 13.5. The van der Waals surface area contributed by atoms with E-state index in [-0.39, 0.29) is 0 Å². The number of nitrogens with two attached hydrogens (primary N) is 1. The molecule has 0 saturated carbocycles. The Morgan fingerprint density at radius 2 is 1.83 bits per heavy atom. The number of aromatic nitrogens is 3. The van der Waals surface area contributed by atoms with Crippen molar-refractivity contribution in [3.63, 3.8) is 0 Å². The van der Waals surface area contributed by atoms with E-state index >= 15 is 0 Å². The monoisotopic (exact) mass is 308 g/mol. The Hall–Kier alpha value is -2.82. The summed E-state index contributed by atoms with van der Waals surface area (Å²) in [6.07, 6.45) is 1.90. The fourth-order valence-corrected chi connectivity index (χ4v) is 2.43. The maximum absolute atomic E-state index is 5.72. The van der Waals surface area contributed by atoms with Gasteiger partial charge in [-0.2, -0.15) is 0 Å². The maximum atomic E-state index is 5.72. The van der Waals surface area contributed by atoms with Crippen LogP contribution in [0, 0.1) is 0 Å². The molecule has 1 aromatic heterocycles. The number of ether oxygens (including phenoxy) is 1. The largest absolute Gasteiger partial charge is 0.496 e. The number of methoxy groups -OCH3 is 1. The topological polar surface area (TPSA) is 66.0 Å². The predicted octanol–water partition coefficient (Wildman–Crippen LogP) is 3.65. The maximum Gasteiger partial charge on any atom is 0.128 e. The van der Waals surface area contributed by atoms with Crippen molar-refractivity contribution in [1.82, 2.24) is 15.0 Å². The summed E-state index contributed by atoms with van der Waals surface area (Å²) >= 11 is 0. The highest BCUT2D eigenvalue weighted by atomic mass is 16.5. The summed E-state index contributed by atoms with van der Waals surface area (Å²) in [4.78, 5) is 0. The normalized spacial score (nSPS) is 11.0. The summed E-state index contributed by atoms with van der Waals surface area (Å²) in [6.45, 7) is 4.33. The van der Waals surface area contributed by atoms with Gasteiger partial charge in [0.2, 0.25) is 0 Å². The van der Waals surface area contributed by atoms with Crippen molar-refractivity contribution in [1.29, 1.82) is 0 Å². The molecule has 3 rings (SSSR count). The van der Waals surface area contributed by atoms with Gasteiger partial charge in [0.05, 0.1) is 19.0 Å². The van der Waals surface area contributed by atoms with Gasteiger partial charge in [-0.05, 0) is 47.9 Å². The number of hydrogen-bond donors (Lipinski definition) is 1. The Labute approximate surface area is 135 Å². The van der Waals surface area contributed by atoms with E-state index < -0.39 is 0 Å². The zero-order chi connectivity index (χ0) is 16.4. The summed E-state index contributed by atoms with van der Waals surface area (Å²) in [5, 5.41) is 8.51. The van der Waals surface area contributed by atoms with E-state index in [1.54, 1.807) is 11.8 Å². The van der Waals surface area contributed by atoms with E-state index in [2.05, 4.69) is 36.3 Å². The van der Waals surface area contributed by atoms with Gasteiger partial charge >= 0.3 is 0 Å². The van der Waals surface area contributed by atoms with Crippen LogP contribution in [0.3, 0.4) is 0 Å². The second kappa shape index (κ2) is 6.12. The number of hydrogen-bond acceptors (Lipinski definition) is 4. The first kappa shape index (κ1) is 15.1. The van der Waals surface area contributed by atoms with Crippen LogP contribution in [0.5, 0.6) is 5.75 Å². The molecule has 0 unspecified atom stereocenters. The number of anilines is 1. The van der Waals surface area contributed by atoms with Crippen LogP contribution in [0.1, 0.15) is 25.3 Å². The summed E-state index contributed by atoms with van der Waals surface area (Å²) in [7, 11) is 1.66. The van der Waals surface area contributed by atoms with Crippen molar-refractivity contribution in [3.05, 3.63) is 54.2 Å². The molecule has 5 nitrogen and oxygen atoms in total. The van der Waals surface area contributed by atoms with Crippen molar-refractivity contribution in [3.8, 4) is 22.7 Å². The molecule has 0 amide bonds. The molecule has 0 aliphatic heterocycles. The minimum Gasteiger partial charge on any atom is -0.496 e. The first-order chi connectivity index (χ1) is 11.1. The van der Waals surface area contributed by atoms with E-state index in [0.29, 0.717) is 5.92 Å². The number of nitrogen functional groups attached to an aromatic ring is 1. The van der Waals surface area contributed by atoms with Crippen LogP contribution in [-0.4, -0.2) is 22.1 Å². The Kier molecular flexibility index (Phi) is 4.02. The highest BCUT2D eigenvalue weighted by molar-refractivity contribution is 5.67. The molecular weight excluding hydrogens is 288 g/mol. The fourth-order valence-electron chi connectivity index (χ4n) is 2.43. The van der Waals surface area contributed by atoms with E-state index in [1.807, 2.05) is 36.5 Å². The second-order valence-electron chi connectivity index (χ2n) is 5.75. The van der Waals surface area contributed by atoms with Crippen molar-refractivity contribution >= 4 is 5.69 Å². The molecule has 23 heavy (non-hydrogen) atoms. The lowest BCUT2D eigenvalue weighted by Crippen LogP contribution is -1.95. The van der Waals surface area contributed by atoms with Gasteiger partial charge in [0.1, 0.15) is 11.4 Å². The molecule has 0 saturated heterocycles. The number of benzene rings is 2. The predicted molar refractivity (Wildman–Crippen MR) is 91.8 cm³/mol. The highest BCUT2D eigenvalue weighted by Crippen LogP contribution is 2.32. The molecule has 3 aromatic rings. The highest BCUT2D eigenvalue weighted by Gasteiger charge is 2.13. The quantitative estimate of drug-likeness (QED) is 0.747. The van der Waals surface area contributed by atoms with Crippen LogP contribution < -0.4 is 10.5 Å². The van der Waals surface area contributed by atoms with E-state index in [4.69, 9.17) is 10.5 Å². The third-order valence-corrected chi connectivity index (χ3v) is 3.82. The van der Waals surface area contributed by atoms with Crippen LogP contribution in [0.25, 0.3) is 16.9 Å². The Balaban J connectivity index is 2.02. The average molecular weight is 308 g/mol. The van der Waals surface area contributed by atoms with Gasteiger partial charge < -0.3 is 10.5 Å². The lowest BCUT2D eigenvalue weighted by Gasteiger charge is -2.10. The van der Waals surface area contributed by atoms with Gasteiger partial charge in [-0.25, -0.2) is 4.68 Å². The molecule has 0 bridgehead atoms. The summed E-state index contributed by atoms with van der Waals surface area (Å²) in [5.41, 5.74) is 10.3. The standard InChI is InChI=1S/C18H20N4O/c1-12(2)13-4-9-18(23-3)16(10-13)17-11-22(21-20-17)15-7-5-14(19)6-8-15/h4-12H,19H2,1-3H3. The molecule has 2 N–H and O–H groups in total. The molecule has 0 spiro atoms. The van der Waals surface area contributed by atoms with Crippen molar-refractivity contribution in [2.24, 2.45) is 0 Å². The molecule has 0 radical (unpaired) electrons. The first-order valence-electron chi connectivity index (χ1n) is 7.55. The van der Waals surface area contributed by atoms with Gasteiger partial charge in [-0.3, -0.25) is 0 Å². The Morgan fingerprint density at radius 3 is 2.48 bits per heavy atom. The van der Waals surface area contributed by atoms with Crippen LogP contribution in [-0.2, 0) is 0 Å². The fraction of sp³-hybridized carbons (Fsp3) is 0.222. The SMILES string of the molecule is COc1ccc(C(C)C)cc1-c1cn(-c2ccc(N)cc2)nn1. The van der Waals surface area contributed by atoms with Gasteiger partial charge in [-0.1, -0.05) is 25.1 Å². The van der Waals surface area contributed by atoms with Gasteiger partial charge in [-0.15, -0.1) is 5.10 Å². The minimum atomic E-state index is 0.437. The van der Waals surface area contributed by atoms with E-state index in [1.165, 1.54) is 5.56 Å². The van der Waals surface area contributed by atoms with Gasteiger partial charge in [0.25, 0.3) is 0 Å². The molecule has 0 fully saturated rings.